The molecule has 0 spiro atoms. The van der Waals surface area contributed by atoms with Crippen molar-refractivity contribution in [2.75, 3.05) is 0 Å². The molecule has 0 saturated heterocycles. The van der Waals surface area contributed by atoms with Crippen LogP contribution in [0, 0.1) is 12.8 Å². The van der Waals surface area contributed by atoms with Crippen LogP contribution in [0.5, 0.6) is 0 Å². The predicted octanol–water partition coefficient (Wildman–Crippen LogP) is 2.74. The first-order valence-electron chi connectivity index (χ1n) is 7.82. The van der Waals surface area contributed by atoms with E-state index in [1.165, 1.54) is 0 Å². The molecule has 0 aliphatic rings. The zero-order valence-electron chi connectivity index (χ0n) is 13.7. The maximum Gasteiger partial charge on any atom is 0.261 e. The largest absolute Gasteiger partial charge is 0.288 e. The van der Waals surface area contributed by atoms with E-state index in [2.05, 4.69) is 31.0 Å². The minimum Gasteiger partial charge on any atom is -0.288 e. The standard InChI is InChI=1S/C19H19BN2O/c1-12(2)18(14-7-5-4-6-8-14)22-13(3)21-17-10-9-15(20)11-16(17)19(22)23/h4-12,18H,1-3H3. The summed E-state index contributed by atoms with van der Waals surface area (Å²) in [5.74, 6) is 0.976. The van der Waals surface area contributed by atoms with E-state index in [9.17, 15) is 4.79 Å². The molecule has 1 unspecified atom stereocenters. The van der Waals surface area contributed by atoms with Crippen molar-refractivity contribution in [3.05, 3.63) is 70.3 Å². The van der Waals surface area contributed by atoms with Gasteiger partial charge in [-0.15, -0.1) is 0 Å². The molecule has 1 aromatic heterocycles. The van der Waals surface area contributed by atoms with Gasteiger partial charge in [-0.25, -0.2) is 4.98 Å². The van der Waals surface area contributed by atoms with Crippen LogP contribution in [0.4, 0.5) is 0 Å². The van der Waals surface area contributed by atoms with Gasteiger partial charge in [0.15, 0.2) is 0 Å². The first-order valence-corrected chi connectivity index (χ1v) is 7.82. The molecule has 114 valence electrons. The second-order valence-electron chi connectivity index (χ2n) is 6.21. The molecule has 0 N–H and O–H groups in total. The third-order valence-electron chi connectivity index (χ3n) is 4.15. The number of nitrogens with zero attached hydrogens (tertiary/aromatic N) is 2. The van der Waals surface area contributed by atoms with Gasteiger partial charge in [0.25, 0.3) is 5.56 Å². The van der Waals surface area contributed by atoms with Crippen molar-refractivity contribution in [3.8, 4) is 0 Å². The second kappa shape index (κ2) is 6.03. The number of fused-ring (bicyclic) bond motifs is 1. The summed E-state index contributed by atoms with van der Waals surface area (Å²) in [7, 11) is 5.85. The highest BCUT2D eigenvalue weighted by molar-refractivity contribution is 6.33. The molecule has 3 aromatic rings. The van der Waals surface area contributed by atoms with Crippen molar-refractivity contribution in [3.63, 3.8) is 0 Å². The SMILES string of the molecule is [B]c1ccc2nc(C)n(C(c3ccccc3)C(C)C)c(=O)c2c1. The first kappa shape index (κ1) is 15.5. The summed E-state index contributed by atoms with van der Waals surface area (Å²) in [6.45, 7) is 6.12. The van der Waals surface area contributed by atoms with Gasteiger partial charge in [-0.3, -0.25) is 9.36 Å². The molecular formula is C19H19BN2O. The molecule has 0 fully saturated rings. The average Bonchev–Trinajstić information content (AvgIpc) is 2.52. The van der Waals surface area contributed by atoms with Crippen LogP contribution in [-0.4, -0.2) is 17.4 Å². The number of hydrogen-bond acceptors (Lipinski definition) is 2. The van der Waals surface area contributed by atoms with Crippen LogP contribution in [0.1, 0.15) is 31.3 Å². The highest BCUT2D eigenvalue weighted by Gasteiger charge is 2.22. The van der Waals surface area contributed by atoms with Gasteiger partial charge >= 0.3 is 0 Å². The first-order chi connectivity index (χ1) is 11.0. The van der Waals surface area contributed by atoms with Crippen LogP contribution < -0.4 is 11.0 Å². The second-order valence-corrected chi connectivity index (χ2v) is 6.21. The van der Waals surface area contributed by atoms with Gasteiger partial charge in [-0.05, 0) is 24.5 Å². The topological polar surface area (TPSA) is 34.9 Å². The molecule has 0 amide bonds. The fourth-order valence-electron chi connectivity index (χ4n) is 3.14. The summed E-state index contributed by atoms with van der Waals surface area (Å²) < 4.78 is 1.79. The van der Waals surface area contributed by atoms with Gasteiger partial charge in [0.1, 0.15) is 13.7 Å². The lowest BCUT2D eigenvalue weighted by molar-refractivity contribution is 0.416. The van der Waals surface area contributed by atoms with Gasteiger partial charge in [0, 0.05) is 0 Å². The van der Waals surface area contributed by atoms with E-state index in [0.29, 0.717) is 16.4 Å². The van der Waals surface area contributed by atoms with Gasteiger partial charge in [0.2, 0.25) is 0 Å². The van der Waals surface area contributed by atoms with Gasteiger partial charge in [-0.1, -0.05) is 61.8 Å². The van der Waals surface area contributed by atoms with E-state index in [4.69, 9.17) is 7.85 Å². The van der Waals surface area contributed by atoms with Crippen LogP contribution >= 0.6 is 0 Å². The molecule has 3 nitrogen and oxygen atoms in total. The third-order valence-corrected chi connectivity index (χ3v) is 4.15. The Hall–Kier alpha value is -2.36. The van der Waals surface area contributed by atoms with E-state index in [1.54, 1.807) is 22.8 Å². The summed E-state index contributed by atoms with van der Waals surface area (Å²) in [5, 5.41) is 0.567. The van der Waals surface area contributed by atoms with Gasteiger partial charge in [0.05, 0.1) is 16.9 Å². The van der Waals surface area contributed by atoms with Crippen LogP contribution in [0.3, 0.4) is 0 Å². The molecular weight excluding hydrogens is 283 g/mol. The van der Waals surface area contributed by atoms with E-state index in [0.717, 1.165) is 11.4 Å². The molecule has 0 bridgehead atoms. The number of hydrogen-bond donors (Lipinski definition) is 0. The van der Waals surface area contributed by atoms with Gasteiger partial charge in [-0.2, -0.15) is 0 Å². The number of rotatable bonds is 3. The monoisotopic (exact) mass is 302 g/mol. The van der Waals surface area contributed by atoms with Crippen LogP contribution in [0.25, 0.3) is 10.9 Å². The van der Waals surface area contributed by atoms with Gasteiger partial charge < -0.3 is 0 Å². The third kappa shape index (κ3) is 2.81. The number of aryl methyl sites for hydroxylation is 1. The summed E-state index contributed by atoms with van der Waals surface area (Å²) in [5.41, 5.74) is 2.33. The van der Waals surface area contributed by atoms with Crippen molar-refractivity contribution in [1.82, 2.24) is 9.55 Å². The molecule has 0 aliphatic carbocycles. The fraction of sp³-hybridized carbons (Fsp3) is 0.263. The summed E-state index contributed by atoms with van der Waals surface area (Å²) in [6, 6.07) is 15.3. The Bertz CT molecular complexity index is 900. The van der Waals surface area contributed by atoms with Crippen molar-refractivity contribution < 1.29 is 0 Å². The van der Waals surface area contributed by atoms with Crippen LogP contribution in [-0.2, 0) is 0 Å². The zero-order chi connectivity index (χ0) is 16.6. The number of aromatic nitrogens is 2. The summed E-state index contributed by atoms with van der Waals surface area (Å²) >= 11 is 0. The Morgan fingerprint density at radius 1 is 1.09 bits per heavy atom. The number of benzene rings is 2. The Morgan fingerprint density at radius 3 is 2.43 bits per heavy atom. The van der Waals surface area contributed by atoms with Crippen molar-refractivity contribution in [2.24, 2.45) is 5.92 Å². The molecule has 0 saturated carbocycles. The average molecular weight is 302 g/mol. The Balaban J connectivity index is 2.31. The molecule has 2 aromatic carbocycles. The van der Waals surface area contributed by atoms with E-state index in [-0.39, 0.29) is 17.5 Å². The lowest BCUT2D eigenvalue weighted by Crippen LogP contribution is -2.32. The molecule has 23 heavy (non-hydrogen) atoms. The minimum absolute atomic E-state index is 0.0395. The molecule has 3 rings (SSSR count). The van der Waals surface area contributed by atoms with E-state index in [1.807, 2.05) is 25.1 Å². The molecule has 4 heteroatoms. The molecule has 1 heterocycles. The quantitative estimate of drug-likeness (QED) is 0.697. The van der Waals surface area contributed by atoms with E-state index < -0.39 is 0 Å². The van der Waals surface area contributed by atoms with Crippen LogP contribution in [0.15, 0.2) is 53.3 Å². The molecule has 0 aliphatic heterocycles. The maximum absolute atomic E-state index is 13.1. The highest BCUT2D eigenvalue weighted by atomic mass is 16.1. The maximum atomic E-state index is 13.1. The fourth-order valence-corrected chi connectivity index (χ4v) is 3.14. The van der Waals surface area contributed by atoms with E-state index >= 15 is 0 Å². The lowest BCUT2D eigenvalue weighted by atomic mass is 9.94. The van der Waals surface area contributed by atoms with Crippen LogP contribution in [0.2, 0.25) is 0 Å². The highest BCUT2D eigenvalue weighted by Crippen LogP contribution is 2.26. The van der Waals surface area contributed by atoms with Crippen molar-refractivity contribution in [2.45, 2.75) is 26.8 Å². The minimum atomic E-state index is -0.0537. The van der Waals surface area contributed by atoms with Crippen molar-refractivity contribution >= 4 is 24.2 Å². The molecule has 2 radical (unpaired) electrons. The Kier molecular flexibility index (Phi) is 4.08. The summed E-state index contributed by atoms with van der Waals surface area (Å²) in [4.78, 5) is 17.7. The predicted molar refractivity (Wildman–Crippen MR) is 95.5 cm³/mol. The zero-order valence-corrected chi connectivity index (χ0v) is 13.7. The normalized spacial score (nSPS) is 12.7. The van der Waals surface area contributed by atoms with Crippen molar-refractivity contribution in [1.29, 1.82) is 0 Å². The Morgan fingerprint density at radius 2 is 1.78 bits per heavy atom. The lowest BCUT2D eigenvalue weighted by Gasteiger charge is -2.26. The Labute approximate surface area is 137 Å². The smallest absolute Gasteiger partial charge is 0.261 e. The molecule has 1 atom stereocenters. The summed E-state index contributed by atoms with van der Waals surface area (Å²) in [6.07, 6.45) is 0.